The molecule has 0 amide bonds. The van der Waals surface area contributed by atoms with Crippen molar-refractivity contribution in [3.63, 3.8) is 0 Å². The molecular formula is C21H21ClN2O4. The fraction of sp³-hybridized carbons (Fsp3) is 0.286. The first-order valence-corrected chi connectivity index (χ1v) is 9.34. The van der Waals surface area contributed by atoms with Gasteiger partial charge in [-0.1, -0.05) is 35.0 Å². The first-order valence-electron chi connectivity index (χ1n) is 8.96. The summed E-state index contributed by atoms with van der Waals surface area (Å²) in [6.45, 7) is 5.79. The second-order valence-electron chi connectivity index (χ2n) is 6.72. The molecule has 0 fully saturated rings. The Morgan fingerprint density at radius 3 is 2.75 bits per heavy atom. The lowest BCUT2D eigenvalue weighted by atomic mass is 9.98. The van der Waals surface area contributed by atoms with Crippen LogP contribution in [0.4, 0.5) is 0 Å². The second-order valence-corrected chi connectivity index (χ2v) is 7.13. The zero-order valence-corrected chi connectivity index (χ0v) is 16.7. The highest BCUT2D eigenvalue weighted by molar-refractivity contribution is 6.32. The minimum atomic E-state index is -0.826. The molecule has 2 aromatic carbocycles. The zero-order chi connectivity index (χ0) is 20.3. The monoisotopic (exact) mass is 400 g/mol. The number of aliphatic carboxylic acids is 1. The minimum Gasteiger partial charge on any atom is -0.489 e. The van der Waals surface area contributed by atoms with E-state index in [9.17, 15) is 4.79 Å². The Kier molecular flexibility index (Phi) is 5.99. The molecule has 1 heterocycles. The summed E-state index contributed by atoms with van der Waals surface area (Å²) in [4.78, 5) is 15.3. The Balaban J connectivity index is 1.87. The molecule has 1 N–H and O–H groups in total. The second kappa shape index (κ2) is 8.44. The van der Waals surface area contributed by atoms with E-state index >= 15 is 0 Å². The van der Waals surface area contributed by atoms with Crippen LogP contribution < -0.4 is 4.74 Å². The van der Waals surface area contributed by atoms with Gasteiger partial charge in [0.1, 0.15) is 5.75 Å². The van der Waals surface area contributed by atoms with E-state index in [1.165, 1.54) is 0 Å². The van der Waals surface area contributed by atoms with Gasteiger partial charge in [-0.05, 0) is 56.5 Å². The molecule has 0 aliphatic heterocycles. The van der Waals surface area contributed by atoms with Crippen LogP contribution in [0.1, 0.15) is 31.4 Å². The van der Waals surface area contributed by atoms with E-state index in [4.69, 9.17) is 26.0 Å². The van der Waals surface area contributed by atoms with Crippen LogP contribution in [0.15, 0.2) is 40.9 Å². The van der Waals surface area contributed by atoms with Crippen molar-refractivity contribution in [3.05, 3.63) is 52.5 Å². The van der Waals surface area contributed by atoms with Crippen molar-refractivity contribution in [2.45, 2.75) is 39.7 Å². The highest BCUT2D eigenvalue weighted by Gasteiger charge is 2.16. The summed E-state index contributed by atoms with van der Waals surface area (Å²) in [5.41, 5.74) is 3.39. The van der Waals surface area contributed by atoms with E-state index in [1.807, 2.05) is 45.0 Å². The fourth-order valence-corrected chi connectivity index (χ4v) is 3.10. The molecule has 0 aliphatic carbocycles. The number of carboxylic acids is 1. The molecule has 3 aromatic rings. The average Bonchev–Trinajstić information content (AvgIpc) is 3.12. The molecule has 0 unspecified atom stereocenters. The van der Waals surface area contributed by atoms with Crippen LogP contribution >= 0.6 is 11.6 Å². The van der Waals surface area contributed by atoms with Gasteiger partial charge in [0.25, 0.3) is 5.89 Å². The topological polar surface area (TPSA) is 85.5 Å². The van der Waals surface area contributed by atoms with Gasteiger partial charge in [-0.15, -0.1) is 0 Å². The molecule has 0 saturated heterocycles. The highest BCUT2D eigenvalue weighted by atomic mass is 35.5. The number of rotatable bonds is 7. The maximum atomic E-state index is 10.9. The molecule has 3 rings (SSSR count). The number of carboxylic acid groups (broad SMARTS) is 1. The number of carbonyl (C=O) groups is 1. The van der Waals surface area contributed by atoms with Crippen LogP contribution in [0.2, 0.25) is 5.02 Å². The highest BCUT2D eigenvalue weighted by Crippen LogP contribution is 2.32. The lowest BCUT2D eigenvalue weighted by molar-refractivity contribution is -0.136. The lowest BCUT2D eigenvalue weighted by Crippen LogP contribution is -2.05. The normalized spacial score (nSPS) is 11.0. The van der Waals surface area contributed by atoms with Crippen LogP contribution in [0, 0.1) is 6.92 Å². The fourth-order valence-electron chi connectivity index (χ4n) is 2.87. The van der Waals surface area contributed by atoms with Crippen molar-refractivity contribution in [2.75, 3.05) is 0 Å². The molecule has 0 atom stereocenters. The van der Waals surface area contributed by atoms with Gasteiger partial charge in [0.15, 0.2) is 0 Å². The summed E-state index contributed by atoms with van der Waals surface area (Å²) >= 11 is 6.29. The van der Waals surface area contributed by atoms with Crippen molar-refractivity contribution in [2.24, 2.45) is 0 Å². The van der Waals surface area contributed by atoms with Gasteiger partial charge >= 0.3 is 5.97 Å². The molecule has 0 spiro atoms. The maximum Gasteiger partial charge on any atom is 0.303 e. The lowest BCUT2D eigenvalue weighted by Gasteiger charge is -2.11. The molecular weight excluding hydrogens is 380 g/mol. The predicted octanol–water partition coefficient (Wildman–Crippen LogP) is 5.17. The van der Waals surface area contributed by atoms with Crippen LogP contribution in [0.25, 0.3) is 22.8 Å². The van der Waals surface area contributed by atoms with Crippen molar-refractivity contribution >= 4 is 17.6 Å². The van der Waals surface area contributed by atoms with E-state index in [1.54, 1.807) is 12.1 Å². The van der Waals surface area contributed by atoms with Crippen LogP contribution in [-0.2, 0) is 11.2 Å². The maximum absolute atomic E-state index is 10.9. The summed E-state index contributed by atoms with van der Waals surface area (Å²) in [5.74, 6) is 0.571. The van der Waals surface area contributed by atoms with Crippen molar-refractivity contribution in [1.29, 1.82) is 0 Å². The molecule has 0 aliphatic rings. The van der Waals surface area contributed by atoms with Gasteiger partial charge < -0.3 is 14.4 Å². The van der Waals surface area contributed by atoms with E-state index in [2.05, 4.69) is 10.1 Å². The first kappa shape index (κ1) is 19.9. The van der Waals surface area contributed by atoms with Crippen LogP contribution in [0.3, 0.4) is 0 Å². The molecule has 6 nitrogen and oxygen atoms in total. The third-order valence-corrected chi connectivity index (χ3v) is 4.56. The number of aryl methyl sites for hydroxylation is 1. The van der Waals surface area contributed by atoms with Crippen molar-refractivity contribution in [1.82, 2.24) is 10.1 Å². The van der Waals surface area contributed by atoms with Gasteiger partial charge in [-0.25, -0.2) is 0 Å². The Bertz CT molecular complexity index is 998. The minimum absolute atomic E-state index is 0.0229. The van der Waals surface area contributed by atoms with Gasteiger partial charge in [-0.2, -0.15) is 4.98 Å². The summed E-state index contributed by atoms with van der Waals surface area (Å²) < 4.78 is 11.1. The average molecular weight is 401 g/mol. The number of nitrogens with zero attached hydrogens (tertiary/aromatic N) is 2. The SMILES string of the molecule is Cc1c(CCC(=O)O)cccc1-c1noc(-c2ccc(OC(C)C)c(Cl)c2)n1. The molecule has 0 radical (unpaired) electrons. The predicted molar refractivity (Wildman–Crippen MR) is 107 cm³/mol. The molecule has 28 heavy (non-hydrogen) atoms. The third-order valence-electron chi connectivity index (χ3n) is 4.26. The molecule has 146 valence electrons. The summed E-state index contributed by atoms with van der Waals surface area (Å²) in [6.07, 6.45) is 0.548. The number of hydrogen-bond acceptors (Lipinski definition) is 5. The number of ether oxygens (including phenoxy) is 1. The number of benzene rings is 2. The van der Waals surface area contributed by atoms with Gasteiger partial charge in [-0.3, -0.25) is 4.79 Å². The number of hydrogen-bond donors (Lipinski definition) is 1. The standard InChI is InChI=1S/C21H21ClN2O4/c1-12(2)27-18-9-7-15(11-17(18)22)21-23-20(24-28-21)16-6-4-5-14(13(16)3)8-10-19(25)26/h4-7,9,11-12H,8,10H2,1-3H3,(H,25,26). The van der Waals surface area contributed by atoms with Crippen LogP contribution in [0.5, 0.6) is 5.75 Å². The van der Waals surface area contributed by atoms with Crippen LogP contribution in [-0.4, -0.2) is 27.3 Å². The van der Waals surface area contributed by atoms with E-state index < -0.39 is 5.97 Å². The quantitative estimate of drug-likeness (QED) is 0.588. The smallest absolute Gasteiger partial charge is 0.303 e. The largest absolute Gasteiger partial charge is 0.489 e. The van der Waals surface area contributed by atoms with E-state index in [-0.39, 0.29) is 12.5 Å². The molecule has 1 aromatic heterocycles. The molecule has 0 bridgehead atoms. The summed E-state index contributed by atoms with van der Waals surface area (Å²) in [7, 11) is 0. The third kappa shape index (κ3) is 4.51. The van der Waals surface area contributed by atoms with Crippen molar-refractivity contribution < 1.29 is 19.2 Å². The van der Waals surface area contributed by atoms with Crippen molar-refractivity contribution in [3.8, 4) is 28.6 Å². The first-order chi connectivity index (χ1) is 13.3. The Morgan fingerprint density at radius 1 is 1.29 bits per heavy atom. The Labute approximate surface area is 168 Å². The number of aromatic nitrogens is 2. The molecule has 7 heteroatoms. The van der Waals surface area contributed by atoms with Gasteiger partial charge in [0.05, 0.1) is 11.1 Å². The van der Waals surface area contributed by atoms with Gasteiger partial charge in [0.2, 0.25) is 5.82 Å². The van der Waals surface area contributed by atoms with Gasteiger partial charge in [0, 0.05) is 17.5 Å². The number of halogens is 1. The Hall–Kier alpha value is -2.86. The summed E-state index contributed by atoms with van der Waals surface area (Å²) in [6, 6.07) is 11.0. The Morgan fingerprint density at radius 2 is 2.07 bits per heavy atom. The zero-order valence-electron chi connectivity index (χ0n) is 15.9. The molecule has 0 saturated carbocycles. The van der Waals surface area contributed by atoms with E-state index in [0.717, 1.165) is 16.7 Å². The summed E-state index contributed by atoms with van der Waals surface area (Å²) in [5, 5.41) is 13.5. The van der Waals surface area contributed by atoms with E-state index in [0.29, 0.717) is 34.5 Å².